The Morgan fingerprint density at radius 2 is 1.80 bits per heavy atom. The van der Waals surface area contributed by atoms with Gasteiger partial charge in [-0.25, -0.2) is 9.97 Å². The number of rotatable bonds is 2. The normalized spacial score (nSPS) is 13.6. The van der Waals surface area contributed by atoms with Crippen LogP contribution in [0.2, 0.25) is 0 Å². The van der Waals surface area contributed by atoms with Gasteiger partial charge in [0, 0.05) is 43.2 Å². The van der Waals surface area contributed by atoms with Crippen LogP contribution in [0.25, 0.3) is 11.5 Å². The maximum atomic E-state index is 4.76. The molecule has 0 fully saturated rings. The third-order valence-electron chi connectivity index (χ3n) is 5.10. The molecule has 0 aliphatic carbocycles. The maximum absolute atomic E-state index is 4.76. The Hall–Kier alpha value is -2.75. The van der Waals surface area contributed by atoms with Gasteiger partial charge in [-0.1, -0.05) is 6.07 Å². The first-order chi connectivity index (χ1) is 12.1. The molecule has 0 bridgehead atoms. The second kappa shape index (κ2) is 6.28. The smallest absolute Gasteiger partial charge is 0.178 e. The first-order valence-corrected chi connectivity index (χ1v) is 8.71. The number of fused-ring (bicyclic) bond motifs is 1. The molecule has 2 aromatic heterocycles. The van der Waals surface area contributed by atoms with Gasteiger partial charge in [-0.15, -0.1) is 0 Å². The summed E-state index contributed by atoms with van der Waals surface area (Å²) in [6.07, 6.45) is 4.68. The average Bonchev–Trinajstić information content (AvgIpc) is 2.65. The van der Waals surface area contributed by atoms with Crippen molar-refractivity contribution in [2.75, 3.05) is 11.4 Å². The number of nitrogens with zero attached hydrogens (tertiary/aromatic N) is 4. The molecule has 126 valence electrons. The van der Waals surface area contributed by atoms with Crippen LogP contribution in [0, 0.1) is 20.8 Å². The van der Waals surface area contributed by atoms with Gasteiger partial charge in [0.15, 0.2) is 5.82 Å². The van der Waals surface area contributed by atoms with Crippen LogP contribution in [0.1, 0.15) is 27.9 Å². The zero-order valence-electron chi connectivity index (χ0n) is 15.0. The highest BCUT2D eigenvalue weighted by Gasteiger charge is 2.20. The highest BCUT2D eigenvalue weighted by atomic mass is 15.1. The van der Waals surface area contributed by atoms with E-state index >= 15 is 0 Å². The molecule has 0 saturated heterocycles. The summed E-state index contributed by atoms with van der Waals surface area (Å²) in [5.41, 5.74) is 8.56. The molecular formula is C21H22N4. The van der Waals surface area contributed by atoms with E-state index in [4.69, 9.17) is 4.98 Å². The molecule has 4 rings (SSSR count). The third-order valence-corrected chi connectivity index (χ3v) is 5.10. The lowest BCUT2D eigenvalue weighted by Crippen LogP contribution is -2.31. The van der Waals surface area contributed by atoms with E-state index in [-0.39, 0.29) is 0 Å². The molecule has 1 aliphatic rings. The van der Waals surface area contributed by atoms with Crippen LogP contribution in [0.4, 0.5) is 5.69 Å². The first-order valence-electron chi connectivity index (χ1n) is 8.71. The Balaban J connectivity index is 1.62. The monoisotopic (exact) mass is 330 g/mol. The van der Waals surface area contributed by atoms with Crippen molar-refractivity contribution in [2.24, 2.45) is 0 Å². The van der Waals surface area contributed by atoms with Gasteiger partial charge < -0.3 is 4.90 Å². The Morgan fingerprint density at radius 1 is 1.00 bits per heavy atom. The molecule has 0 N–H and O–H groups in total. The average molecular weight is 330 g/mol. The number of benzene rings is 1. The minimum atomic E-state index is 0.717. The van der Waals surface area contributed by atoms with Crippen molar-refractivity contribution in [3.05, 3.63) is 70.7 Å². The molecule has 4 heteroatoms. The van der Waals surface area contributed by atoms with Crippen LogP contribution in [0.15, 0.2) is 42.7 Å². The molecule has 3 aromatic rings. The second-order valence-electron chi connectivity index (χ2n) is 6.76. The number of aromatic nitrogens is 3. The third kappa shape index (κ3) is 3.00. The number of hydrogen-bond acceptors (Lipinski definition) is 4. The Kier molecular flexibility index (Phi) is 3.96. The van der Waals surface area contributed by atoms with E-state index in [0.29, 0.717) is 0 Å². The minimum Gasteiger partial charge on any atom is -0.367 e. The highest BCUT2D eigenvalue weighted by molar-refractivity contribution is 5.56. The van der Waals surface area contributed by atoms with Crippen LogP contribution in [-0.4, -0.2) is 21.5 Å². The number of aryl methyl sites for hydroxylation is 2. The van der Waals surface area contributed by atoms with E-state index < -0.39 is 0 Å². The van der Waals surface area contributed by atoms with Gasteiger partial charge in [-0.05, 0) is 61.7 Å². The molecule has 25 heavy (non-hydrogen) atoms. The quantitative estimate of drug-likeness (QED) is 0.711. The molecule has 0 radical (unpaired) electrons. The van der Waals surface area contributed by atoms with Gasteiger partial charge in [0.2, 0.25) is 0 Å². The molecule has 0 saturated carbocycles. The molecule has 0 unspecified atom stereocenters. The van der Waals surface area contributed by atoms with Gasteiger partial charge in [0.25, 0.3) is 0 Å². The summed E-state index contributed by atoms with van der Waals surface area (Å²) in [6.45, 7) is 8.40. The summed E-state index contributed by atoms with van der Waals surface area (Å²) >= 11 is 0. The van der Waals surface area contributed by atoms with Crippen molar-refractivity contribution in [1.29, 1.82) is 0 Å². The van der Waals surface area contributed by atoms with Gasteiger partial charge in [0.05, 0.1) is 5.69 Å². The Labute approximate surface area is 148 Å². The molecule has 1 aromatic carbocycles. The Bertz CT molecular complexity index is 895. The van der Waals surface area contributed by atoms with Crippen LogP contribution in [0.5, 0.6) is 0 Å². The fourth-order valence-electron chi connectivity index (χ4n) is 3.35. The van der Waals surface area contributed by atoms with Crippen LogP contribution in [-0.2, 0) is 13.0 Å². The van der Waals surface area contributed by atoms with Crippen molar-refractivity contribution >= 4 is 5.69 Å². The molecule has 0 spiro atoms. The van der Waals surface area contributed by atoms with Crippen LogP contribution >= 0.6 is 0 Å². The fourth-order valence-corrected chi connectivity index (χ4v) is 3.35. The van der Waals surface area contributed by atoms with Gasteiger partial charge in [0.1, 0.15) is 5.69 Å². The lowest BCUT2D eigenvalue weighted by molar-refractivity contribution is 0.705. The predicted octanol–water partition coefficient (Wildman–Crippen LogP) is 4.03. The van der Waals surface area contributed by atoms with E-state index in [1.54, 1.807) is 6.20 Å². The zero-order chi connectivity index (χ0) is 17.4. The summed E-state index contributed by atoms with van der Waals surface area (Å²) in [6, 6.07) is 10.4. The summed E-state index contributed by atoms with van der Waals surface area (Å²) < 4.78 is 0. The number of pyridine rings is 1. The van der Waals surface area contributed by atoms with Crippen molar-refractivity contribution in [3.8, 4) is 11.5 Å². The lowest BCUT2D eigenvalue weighted by atomic mass is 10.0. The highest BCUT2D eigenvalue weighted by Crippen LogP contribution is 2.27. The van der Waals surface area contributed by atoms with Gasteiger partial charge in [-0.2, -0.15) is 0 Å². The molecule has 1 aliphatic heterocycles. The molecule has 0 amide bonds. The van der Waals surface area contributed by atoms with E-state index in [2.05, 4.69) is 47.8 Å². The van der Waals surface area contributed by atoms with Crippen molar-refractivity contribution < 1.29 is 0 Å². The minimum absolute atomic E-state index is 0.717. The molecule has 0 atom stereocenters. The SMILES string of the molecule is Cc1cc(N2CCc3nc(-c4ccccn4)ncc3C2)cc(C)c1C. The van der Waals surface area contributed by atoms with Crippen LogP contribution in [0.3, 0.4) is 0 Å². The fraction of sp³-hybridized carbons (Fsp3) is 0.286. The molecular weight excluding hydrogens is 308 g/mol. The van der Waals surface area contributed by atoms with E-state index in [1.165, 1.54) is 27.9 Å². The van der Waals surface area contributed by atoms with E-state index in [9.17, 15) is 0 Å². The van der Waals surface area contributed by atoms with Gasteiger partial charge in [-0.3, -0.25) is 4.98 Å². The largest absolute Gasteiger partial charge is 0.367 e. The molecule has 3 heterocycles. The Morgan fingerprint density at radius 3 is 2.52 bits per heavy atom. The second-order valence-corrected chi connectivity index (χ2v) is 6.76. The van der Waals surface area contributed by atoms with Crippen molar-refractivity contribution in [3.63, 3.8) is 0 Å². The number of hydrogen-bond donors (Lipinski definition) is 0. The standard InChI is InChI=1S/C21H22N4/c1-14-10-18(11-15(2)16(14)3)25-9-7-19-17(13-25)12-23-21(24-19)20-6-4-5-8-22-20/h4-6,8,10-12H,7,9,13H2,1-3H3. The lowest BCUT2D eigenvalue weighted by Gasteiger charge is -2.31. The molecule has 4 nitrogen and oxygen atoms in total. The van der Waals surface area contributed by atoms with E-state index in [1.807, 2.05) is 24.4 Å². The predicted molar refractivity (Wildman–Crippen MR) is 101 cm³/mol. The number of anilines is 1. The topological polar surface area (TPSA) is 41.9 Å². The summed E-state index contributed by atoms with van der Waals surface area (Å²) in [5.74, 6) is 0.717. The summed E-state index contributed by atoms with van der Waals surface area (Å²) in [7, 11) is 0. The van der Waals surface area contributed by atoms with E-state index in [0.717, 1.165) is 36.7 Å². The zero-order valence-corrected chi connectivity index (χ0v) is 15.0. The van der Waals surface area contributed by atoms with Crippen molar-refractivity contribution in [2.45, 2.75) is 33.7 Å². The summed E-state index contributed by atoms with van der Waals surface area (Å²) in [4.78, 5) is 16.1. The van der Waals surface area contributed by atoms with Crippen molar-refractivity contribution in [1.82, 2.24) is 15.0 Å². The van der Waals surface area contributed by atoms with Gasteiger partial charge >= 0.3 is 0 Å². The first kappa shape index (κ1) is 15.8. The maximum Gasteiger partial charge on any atom is 0.178 e. The summed E-state index contributed by atoms with van der Waals surface area (Å²) in [5, 5.41) is 0. The van der Waals surface area contributed by atoms with Crippen LogP contribution < -0.4 is 4.90 Å².